The maximum absolute atomic E-state index is 12.7. The number of nitrogens with zero attached hydrogens (tertiary/aromatic N) is 1. The molecule has 3 rings (SSSR count). The highest BCUT2D eigenvalue weighted by Crippen LogP contribution is 2.38. The molecule has 0 bridgehead atoms. The molecule has 1 aliphatic rings. The highest BCUT2D eigenvalue weighted by Gasteiger charge is 2.35. The fourth-order valence-corrected chi connectivity index (χ4v) is 2.83. The molecule has 1 amide bonds. The summed E-state index contributed by atoms with van der Waals surface area (Å²) in [6, 6.07) is 14.4. The van der Waals surface area contributed by atoms with Gasteiger partial charge in [-0.2, -0.15) is 0 Å². The third-order valence-electron chi connectivity index (χ3n) is 3.93. The monoisotopic (exact) mass is 301 g/mol. The number of carbonyl (C=O) groups is 1. The number of para-hydroxylation sites is 1. The van der Waals surface area contributed by atoms with E-state index in [9.17, 15) is 9.90 Å². The summed E-state index contributed by atoms with van der Waals surface area (Å²) < 4.78 is 0. The van der Waals surface area contributed by atoms with Crippen molar-refractivity contribution in [3.63, 3.8) is 0 Å². The molecule has 3 nitrogen and oxygen atoms in total. The number of carbonyl (C=O) groups excluding carboxylic acids is 1. The van der Waals surface area contributed by atoms with Crippen molar-refractivity contribution in [1.29, 1.82) is 0 Å². The summed E-state index contributed by atoms with van der Waals surface area (Å²) in [5.41, 5.74) is 1.26. The maximum atomic E-state index is 12.7. The predicted molar refractivity (Wildman–Crippen MR) is 83.8 cm³/mol. The second kappa shape index (κ2) is 5.17. The van der Waals surface area contributed by atoms with E-state index in [0.717, 1.165) is 11.3 Å². The molecule has 1 unspecified atom stereocenters. The van der Waals surface area contributed by atoms with Gasteiger partial charge >= 0.3 is 0 Å². The third kappa shape index (κ3) is 2.55. The first kappa shape index (κ1) is 14.1. The number of hydrogen-bond donors (Lipinski definition) is 1. The topological polar surface area (TPSA) is 40.5 Å². The molecule has 0 spiro atoms. The quantitative estimate of drug-likeness (QED) is 0.874. The minimum atomic E-state index is -0.895. The van der Waals surface area contributed by atoms with Crippen molar-refractivity contribution in [2.45, 2.75) is 18.9 Å². The van der Waals surface area contributed by atoms with E-state index in [0.29, 0.717) is 23.6 Å². The van der Waals surface area contributed by atoms with Crippen molar-refractivity contribution in [3.8, 4) is 0 Å². The SMILES string of the molecule is CC1(O)CCN(C(=O)c2ccc(Cl)cc2)c2ccccc21. The fraction of sp³-hybridized carbons (Fsp3) is 0.235. The minimum Gasteiger partial charge on any atom is -0.385 e. The number of halogens is 1. The van der Waals surface area contributed by atoms with Crippen molar-refractivity contribution in [1.82, 2.24) is 0 Å². The Kier molecular flexibility index (Phi) is 3.47. The van der Waals surface area contributed by atoms with Crippen LogP contribution in [0.3, 0.4) is 0 Å². The summed E-state index contributed by atoms with van der Waals surface area (Å²) in [5, 5.41) is 11.1. The highest BCUT2D eigenvalue weighted by molar-refractivity contribution is 6.30. The van der Waals surface area contributed by atoms with Gasteiger partial charge in [0.25, 0.3) is 5.91 Å². The van der Waals surface area contributed by atoms with Gasteiger partial charge in [0.15, 0.2) is 0 Å². The zero-order valence-electron chi connectivity index (χ0n) is 11.7. The first-order valence-electron chi connectivity index (χ1n) is 6.88. The van der Waals surface area contributed by atoms with Crippen LogP contribution in [0, 0.1) is 0 Å². The van der Waals surface area contributed by atoms with E-state index in [4.69, 9.17) is 11.6 Å². The van der Waals surface area contributed by atoms with Crippen LogP contribution in [0.2, 0.25) is 5.02 Å². The first-order valence-corrected chi connectivity index (χ1v) is 7.26. The molecule has 0 saturated heterocycles. The molecule has 21 heavy (non-hydrogen) atoms. The van der Waals surface area contributed by atoms with Gasteiger partial charge in [0.05, 0.1) is 11.3 Å². The Balaban J connectivity index is 2.00. The minimum absolute atomic E-state index is 0.0744. The molecule has 1 N–H and O–H groups in total. The second-order valence-electron chi connectivity index (χ2n) is 5.50. The van der Waals surface area contributed by atoms with Gasteiger partial charge in [0.2, 0.25) is 0 Å². The Bertz CT molecular complexity index is 679. The van der Waals surface area contributed by atoms with Crippen molar-refractivity contribution in [2.24, 2.45) is 0 Å². The van der Waals surface area contributed by atoms with E-state index in [1.165, 1.54) is 0 Å². The third-order valence-corrected chi connectivity index (χ3v) is 4.19. The van der Waals surface area contributed by atoms with Gasteiger partial charge in [0.1, 0.15) is 0 Å². The summed E-state index contributed by atoms with van der Waals surface area (Å²) in [4.78, 5) is 14.4. The highest BCUT2D eigenvalue weighted by atomic mass is 35.5. The van der Waals surface area contributed by atoms with E-state index in [-0.39, 0.29) is 5.91 Å². The fourth-order valence-electron chi connectivity index (χ4n) is 2.71. The van der Waals surface area contributed by atoms with Gasteiger partial charge in [-0.15, -0.1) is 0 Å². The lowest BCUT2D eigenvalue weighted by Crippen LogP contribution is -2.42. The lowest BCUT2D eigenvalue weighted by atomic mass is 9.87. The summed E-state index contributed by atoms with van der Waals surface area (Å²) >= 11 is 5.86. The molecule has 0 aromatic heterocycles. The summed E-state index contributed by atoms with van der Waals surface area (Å²) in [6.45, 7) is 2.28. The lowest BCUT2D eigenvalue weighted by Gasteiger charge is -2.38. The first-order chi connectivity index (χ1) is 9.99. The molecule has 0 fully saturated rings. The van der Waals surface area contributed by atoms with Crippen molar-refractivity contribution in [3.05, 3.63) is 64.7 Å². The zero-order valence-corrected chi connectivity index (χ0v) is 12.5. The summed E-state index contributed by atoms with van der Waals surface area (Å²) in [7, 11) is 0. The molecule has 1 aliphatic heterocycles. The van der Waals surface area contributed by atoms with Crippen LogP contribution in [0.15, 0.2) is 48.5 Å². The molecule has 2 aromatic rings. The van der Waals surface area contributed by atoms with Crippen LogP contribution in [0.1, 0.15) is 29.3 Å². The van der Waals surface area contributed by atoms with E-state index in [2.05, 4.69) is 0 Å². The summed E-state index contributed by atoms with van der Waals surface area (Å²) in [6.07, 6.45) is 0.517. The van der Waals surface area contributed by atoms with Gasteiger partial charge in [-0.3, -0.25) is 4.79 Å². The molecule has 1 atom stereocenters. The van der Waals surface area contributed by atoms with Crippen LogP contribution >= 0.6 is 11.6 Å². The zero-order chi connectivity index (χ0) is 15.0. The average molecular weight is 302 g/mol. The second-order valence-corrected chi connectivity index (χ2v) is 5.94. The number of amides is 1. The molecule has 2 aromatic carbocycles. The van der Waals surface area contributed by atoms with Crippen LogP contribution < -0.4 is 4.90 Å². The Morgan fingerprint density at radius 1 is 1.19 bits per heavy atom. The van der Waals surface area contributed by atoms with Gasteiger partial charge < -0.3 is 10.0 Å². The Hall–Kier alpha value is -1.84. The number of aliphatic hydroxyl groups is 1. The maximum Gasteiger partial charge on any atom is 0.258 e. The van der Waals surface area contributed by atoms with E-state index < -0.39 is 5.60 Å². The molecule has 0 aliphatic carbocycles. The molecular weight excluding hydrogens is 286 g/mol. The Morgan fingerprint density at radius 3 is 2.57 bits per heavy atom. The van der Waals surface area contributed by atoms with Gasteiger partial charge in [-0.25, -0.2) is 0 Å². The van der Waals surface area contributed by atoms with Crippen molar-refractivity contribution in [2.75, 3.05) is 11.4 Å². The van der Waals surface area contributed by atoms with Crippen LogP contribution in [0.4, 0.5) is 5.69 Å². The molecule has 0 saturated carbocycles. The van der Waals surface area contributed by atoms with Crippen LogP contribution in [0.25, 0.3) is 0 Å². The molecular formula is C17H16ClNO2. The van der Waals surface area contributed by atoms with Crippen molar-refractivity contribution >= 4 is 23.2 Å². The van der Waals surface area contributed by atoms with Crippen LogP contribution in [-0.4, -0.2) is 17.6 Å². The standard InChI is InChI=1S/C17H16ClNO2/c1-17(21)10-11-19(15-5-3-2-4-14(15)17)16(20)12-6-8-13(18)9-7-12/h2-9,21H,10-11H2,1H3. The largest absolute Gasteiger partial charge is 0.385 e. The average Bonchev–Trinajstić information content (AvgIpc) is 2.48. The molecule has 1 heterocycles. The number of rotatable bonds is 1. The van der Waals surface area contributed by atoms with Gasteiger partial charge in [-0.1, -0.05) is 29.8 Å². The van der Waals surface area contributed by atoms with Crippen LogP contribution in [-0.2, 0) is 5.60 Å². The molecule has 4 heteroatoms. The van der Waals surface area contributed by atoms with Gasteiger partial charge in [0, 0.05) is 22.7 Å². The Labute approximate surface area is 128 Å². The lowest BCUT2D eigenvalue weighted by molar-refractivity contribution is 0.0450. The van der Waals surface area contributed by atoms with E-state index in [1.807, 2.05) is 24.3 Å². The number of benzene rings is 2. The van der Waals surface area contributed by atoms with Crippen molar-refractivity contribution < 1.29 is 9.90 Å². The molecule has 108 valence electrons. The number of anilines is 1. The summed E-state index contributed by atoms with van der Waals surface area (Å²) in [5.74, 6) is -0.0744. The van der Waals surface area contributed by atoms with Crippen LogP contribution in [0.5, 0.6) is 0 Å². The molecule has 0 radical (unpaired) electrons. The number of hydrogen-bond acceptors (Lipinski definition) is 2. The normalized spacial score (nSPS) is 21.0. The van der Waals surface area contributed by atoms with E-state index in [1.54, 1.807) is 36.1 Å². The van der Waals surface area contributed by atoms with E-state index >= 15 is 0 Å². The van der Waals surface area contributed by atoms with Gasteiger partial charge in [-0.05, 0) is 43.7 Å². The Morgan fingerprint density at radius 2 is 1.86 bits per heavy atom. The predicted octanol–water partition coefficient (Wildman–Crippen LogP) is 3.60. The number of fused-ring (bicyclic) bond motifs is 1. The smallest absolute Gasteiger partial charge is 0.258 e.